The fourth-order valence-electron chi connectivity index (χ4n) is 1.98. The molecular formula is C13H21ClFN5. The molecule has 0 saturated carbocycles. The van der Waals surface area contributed by atoms with E-state index in [9.17, 15) is 4.39 Å². The number of aromatic nitrogens is 4. The Balaban J connectivity index is 0.00000200. The Morgan fingerprint density at radius 2 is 2.10 bits per heavy atom. The Kier molecular flexibility index (Phi) is 7.25. The maximum atomic E-state index is 12.3. The number of nitrogens with one attached hydrogen (secondary N) is 1. The van der Waals surface area contributed by atoms with Gasteiger partial charge < -0.3 is 5.32 Å². The van der Waals surface area contributed by atoms with Crippen LogP contribution in [-0.4, -0.2) is 26.2 Å². The number of nitrogens with zero attached hydrogens (tertiary/aromatic N) is 4. The molecule has 0 unspecified atom stereocenters. The molecule has 0 atom stereocenters. The Bertz CT molecular complexity index is 496. The molecular weight excluding hydrogens is 281 g/mol. The third-order valence-electron chi connectivity index (χ3n) is 2.88. The summed E-state index contributed by atoms with van der Waals surface area (Å²) >= 11 is 0. The summed E-state index contributed by atoms with van der Waals surface area (Å²) < 4.78 is 15.9. The molecule has 2 heterocycles. The van der Waals surface area contributed by atoms with Crippen LogP contribution in [0.15, 0.2) is 24.7 Å². The largest absolute Gasteiger partial charge is 0.307 e. The Hall–Kier alpha value is -1.40. The average Bonchev–Trinajstić information content (AvgIpc) is 3.01. The zero-order chi connectivity index (χ0) is 13.5. The summed E-state index contributed by atoms with van der Waals surface area (Å²) in [6.07, 6.45) is 6.71. The van der Waals surface area contributed by atoms with Gasteiger partial charge in [-0.2, -0.15) is 10.2 Å². The van der Waals surface area contributed by atoms with Gasteiger partial charge >= 0.3 is 0 Å². The Morgan fingerprint density at radius 3 is 2.85 bits per heavy atom. The first-order valence-corrected chi connectivity index (χ1v) is 6.62. The van der Waals surface area contributed by atoms with E-state index in [2.05, 4.69) is 28.6 Å². The van der Waals surface area contributed by atoms with Gasteiger partial charge in [-0.3, -0.25) is 9.36 Å². The van der Waals surface area contributed by atoms with Crippen molar-refractivity contribution in [2.45, 2.75) is 39.5 Å². The molecule has 0 aliphatic rings. The Labute approximate surface area is 124 Å². The van der Waals surface area contributed by atoms with Crippen molar-refractivity contribution in [2.75, 3.05) is 6.67 Å². The molecule has 0 spiro atoms. The molecule has 0 saturated heterocycles. The predicted octanol–water partition coefficient (Wildman–Crippen LogP) is 2.17. The zero-order valence-corrected chi connectivity index (χ0v) is 12.4. The van der Waals surface area contributed by atoms with Gasteiger partial charge in [0, 0.05) is 37.6 Å². The minimum Gasteiger partial charge on any atom is -0.307 e. The van der Waals surface area contributed by atoms with Crippen LogP contribution in [0.25, 0.3) is 0 Å². The first-order chi connectivity index (χ1) is 9.33. The fourth-order valence-corrected chi connectivity index (χ4v) is 1.98. The highest BCUT2D eigenvalue weighted by Gasteiger charge is 2.02. The molecule has 0 radical (unpaired) electrons. The average molecular weight is 302 g/mol. The second kappa shape index (κ2) is 8.71. The number of halogens is 2. The molecule has 0 amide bonds. The summed E-state index contributed by atoms with van der Waals surface area (Å²) in [6, 6.07) is 1.91. The van der Waals surface area contributed by atoms with Crippen LogP contribution in [0.1, 0.15) is 24.6 Å². The standard InChI is InChI=1S/C13H20FN5.ClH/c1-2-6-18-11-12(9-17-18)8-15-10-13-3-5-16-19(13)7-4-14;/h3,5,9,11,15H,2,4,6-8,10H2,1H3;1H. The summed E-state index contributed by atoms with van der Waals surface area (Å²) in [5, 5.41) is 11.7. The van der Waals surface area contributed by atoms with E-state index < -0.39 is 6.67 Å². The molecule has 5 nitrogen and oxygen atoms in total. The lowest BCUT2D eigenvalue weighted by Crippen LogP contribution is -2.16. The number of hydrogen-bond donors (Lipinski definition) is 1. The third-order valence-corrected chi connectivity index (χ3v) is 2.88. The maximum absolute atomic E-state index is 12.3. The molecule has 1 N–H and O–H groups in total. The van der Waals surface area contributed by atoms with Crippen LogP contribution < -0.4 is 5.32 Å². The lowest BCUT2D eigenvalue weighted by molar-refractivity contribution is 0.417. The number of hydrogen-bond acceptors (Lipinski definition) is 3. The quantitative estimate of drug-likeness (QED) is 0.813. The van der Waals surface area contributed by atoms with Crippen molar-refractivity contribution in [2.24, 2.45) is 0 Å². The van der Waals surface area contributed by atoms with E-state index in [0.29, 0.717) is 13.1 Å². The van der Waals surface area contributed by atoms with Crippen LogP contribution in [0.4, 0.5) is 4.39 Å². The first-order valence-electron chi connectivity index (χ1n) is 6.62. The van der Waals surface area contributed by atoms with Crippen LogP contribution in [0, 0.1) is 0 Å². The number of rotatable bonds is 8. The van der Waals surface area contributed by atoms with Gasteiger partial charge in [-0.1, -0.05) is 6.92 Å². The number of aryl methyl sites for hydroxylation is 2. The summed E-state index contributed by atoms with van der Waals surface area (Å²) in [7, 11) is 0. The SMILES string of the molecule is CCCn1cc(CNCc2ccnn2CCF)cn1.Cl. The molecule has 0 fully saturated rings. The highest BCUT2D eigenvalue weighted by molar-refractivity contribution is 5.85. The highest BCUT2D eigenvalue weighted by atomic mass is 35.5. The van der Waals surface area contributed by atoms with E-state index in [4.69, 9.17) is 0 Å². The van der Waals surface area contributed by atoms with Gasteiger partial charge in [0.1, 0.15) is 6.67 Å². The van der Waals surface area contributed by atoms with Crippen LogP contribution in [0.5, 0.6) is 0 Å². The predicted molar refractivity (Wildman–Crippen MR) is 78.5 cm³/mol. The molecule has 2 aromatic heterocycles. The van der Waals surface area contributed by atoms with Crippen molar-refractivity contribution in [3.8, 4) is 0 Å². The van der Waals surface area contributed by atoms with Crippen molar-refractivity contribution in [3.63, 3.8) is 0 Å². The second-order valence-electron chi connectivity index (χ2n) is 4.45. The molecule has 112 valence electrons. The summed E-state index contributed by atoms with van der Waals surface area (Å²) in [5.41, 5.74) is 2.16. The van der Waals surface area contributed by atoms with Crippen molar-refractivity contribution in [1.29, 1.82) is 0 Å². The summed E-state index contributed by atoms with van der Waals surface area (Å²) in [4.78, 5) is 0. The fraction of sp³-hybridized carbons (Fsp3) is 0.538. The van der Waals surface area contributed by atoms with Gasteiger partial charge in [-0.05, 0) is 12.5 Å². The third kappa shape index (κ3) is 4.61. The van der Waals surface area contributed by atoms with Crippen LogP contribution >= 0.6 is 12.4 Å². The van der Waals surface area contributed by atoms with E-state index in [0.717, 1.165) is 30.8 Å². The lowest BCUT2D eigenvalue weighted by Gasteiger charge is -2.06. The lowest BCUT2D eigenvalue weighted by atomic mass is 10.3. The van der Waals surface area contributed by atoms with E-state index in [1.165, 1.54) is 0 Å². The minimum atomic E-state index is -0.390. The van der Waals surface area contributed by atoms with Gasteiger partial charge in [-0.15, -0.1) is 12.4 Å². The monoisotopic (exact) mass is 301 g/mol. The first kappa shape index (κ1) is 16.7. The Morgan fingerprint density at radius 1 is 1.25 bits per heavy atom. The summed E-state index contributed by atoms with van der Waals surface area (Å²) in [6.45, 7) is 4.44. The molecule has 7 heteroatoms. The van der Waals surface area contributed by atoms with Gasteiger partial charge in [0.2, 0.25) is 0 Å². The molecule has 0 aliphatic carbocycles. The van der Waals surface area contributed by atoms with Gasteiger partial charge in [0.15, 0.2) is 0 Å². The van der Waals surface area contributed by atoms with Crippen molar-refractivity contribution in [3.05, 3.63) is 35.9 Å². The smallest absolute Gasteiger partial charge is 0.109 e. The number of alkyl halides is 1. The van der Waals surface area contributed by atoms with Crippen LogP contribution in [0.2, 0.25) is 0 Å². The molecule has 0 aromatic carbocycles. The summed E-state index contributed by atoms with van der Waals surface area (Å²) in [5.74, 6) is 0. The van der Waals surface area contributed by atoms with Crippen molar-refractivity contribution >= 4 is 12.4 Å². The van der Waals surface area contributed by atoms with Crippen LogP contribution in [-0.2, 0) is 26.2 Å². The van der Waals surface area contributed by atoms with Gasteiger partial charge in [0.25, 0.3) is 0 Å². The molecule has 2 rings (SSSR count). The molecule has 2 aromatic rings. The highest BCUT2D eigenvalue weighted by Crippen LogP contribution is 2.02. The van der Waals surface area contributed by atoms with Crippen molar-refractivity contribution in [1.82, 2.24) is 24.9 Å². The van der Waals surface area contributed by atoms with E-state index in [1.54, 1.807) is 10.9 Å². The second-order valence-corrected chi connectivity index (χ2v) is 4.45. The zero-order valence-electron chi connectivity index (χ0n) is 11.6. The van der Waals surface area contributed by atoms with Gasteiger partial charge in [-0.25, -0.2) is 4.39 Å². The minimum absolute atomic E-state index is 0. The van der Waals surface area contributed by atoms with E-state index in [1.807, 2.05) is 16.9 Å². The molecule has 0 bridgehead atoms. The molecule has 0 aliphatic heterocycles. The van der Waals surface area contributed by atoms with E-state index >= 15 is 0 Å². The molecule has 20 heavy (non-hydrogen) atoms. The maximum Gasteiger partial charge on any atom is 0.109 e. The van der Waals surface area contributed by atoms with Crippen molar-refractivity contribution < 1.29 is 4.39 Å². The normalized spacial score (nSPS) is 10.5. The van der Waals surface area contributed by atoms with Gasteiger partial charge in [0.05, 0.1) is 18.4 Å². The van der Waals surface area contributed by atoms with Crippen LogP contribution in [0.3, 0.4) is 0 Å². The topological polar surface area (TPSA) is 47.7 Å². The van der Waals surface area contributed by atoms with E-state index in [-0.39, 0.29) is 12.4 Å².